The molecule has 2 atom stereocenters. The van der Waals surface area contributed by atoms with Crippen molar-refractivity contribution in [2.75, 3.05) is 54.9 Å². The van der Waals surface area contributed by atoms with Crippen LogP contribution in [-0.2, 0) is 7.05 Å². The van der Waals surface area contributed by atoms with Crippen molar-refractivity contribution in [3.8, 4) is 0 Å². The Morgan fingerprint density at radius 1 is 0.984 bits per heavy atom. The van der Waals surface area contributed by atoms with E-state index in [0.29, 0.717) is 45.6 Å². The molecular formula is C46H53ClF4N10. The molecule has 0 spiro atoms. The number of hydrogen-bond donors (Lipinski definition) is 3. The minimum Gasteiger partial charge on any atom is -0.376 e. The van der Waals surface area contributed by atoms with E-state index in [-0.39, 0.29) is 47.0 Å². The van der Waals surface area contributed by atoms with E-state index in [4.69, 9.17) is 21.7 Å². The Morgan fingerprint density at radius 2 is 1.74 bits per heavy atom. The number of hydrogen-bond acceptors (Lipinski definition) is 9. The van der Waals surface area contributed by atoms with Crippen LogP contribution in [0.3, 0.4) is 0 Å². The molecule has 2 aromatic carbocycles. The molecular weight excluding hydrogens is 804 g/mol. The third-order valence-corrected chi connectivity index (χ3v) is 14.0. The predicted octanol–water partition coefficient (Wildman–Crippen LogP) is 9.71. The number of benzene rings is 2. The lowest BCUT2D eigenvalue weighted by Crippen LogP contribution is -2.41. The number of aryl methyl sites for hydroxylation is 1. The molecule has 3 N–H and O–H groups in total. The first-order valence-electron chi connectivity index (χ1n) is 21.4. The molecule has 10 nitrogen and oxygen atoms in total. The van der Waals surface area contributed by atoms with Crippen molar-refractivity contribution >= 4 is 51.3 Å². The number of halogens is 5. The molecule has 2 aromatic heterocycles. The summed E-state index contributed by atoms with van der Waals surface area (Å²) in [6.45, 7) is 18.2. The number of allylic oxidation sites excluding steroid dienone is 3. The fourth-order valence-electron chi connectivity index (χ4n) is 10.0. The molecule has 4 aromatic rings. The number of fused-ring (bicyclic) bond motifs is 3. The van der Waals surface area contributed by atoms with Gasteiger partial charge >= 0.3 is 0 Å². The summed E-state index contributed by atoms with van der Waals surface area (Å²) in [7, 11) is 3.59. The Balaban J connectivity index is 0.820. The van der Waals surface area contributed by atoms with Gasteiger partial charge in [-0.15, -0.1) is 0 Å². The summed E-state index contributed by atoms with van der Waals surface area (Å²) in [5.74, 6) is -2.20. The van der Waals surface area contributed by atoms with Crippen molar-refractivity contribution in [2.24, 2.45) is 13.0 Å². The Labute approximate surface area is 359 Å². The van der Waals surface area contributed by atoms with Gasteiger partial charge < -0.3 is 30.7 Å². The number of alkyl halides is 2. The number of rotatable bonds is 7. The molecule has 0 aliphatic carbocycles. The number of likely N-dealkylation sites (N-methyl/N-ethyl adjacent to an activating group) is 1. The molecule has 5 aliphatic heterocycles. The molecule has 0 radical (unpaired) electrons. The Morgan fingerprint density at radius 3 is 2.48 bits per heavy atom. The maximum absolute atomic E-state index is 16.3. The van der Waals surface area contributed by atoms with Crippen molar-refractivity contribution < 1.29 is 17.6 Å². The van der Waals surface area contributed by atoms with Crippen LogP contribution in [0.4, 0.5) is 40.7 Å². The van der Waals surface area contributed by atoms with Crippen molar-refractivity contribution in [1.82, 2.24) is 35.3 Å². The first-order chi connectivity index (χ1) is 29.2. The van der Waals surface area contributed by atoms with E-state index in [0.717, 1.165) is 99.3 Å². The lowest BCUT2D eigenvalue weighted by atomic mass is 9.86. The topological polar surface area (TPSA) is 89.4 Å². The third-order valence-electron chi connectivity index (χ3n) is 13.7. The van der Waals surface area contributed by atoms with Gasteiger partial charge in [0.05, 0.1) is 29.3 Å². The van der Waals surface area contributed by atoms with E-state index < -0.39 is 17.8 Å². The summed E-state index contributed by atoms with van der Waals surface area (Å²) in [5.41, 5.74) is 7.03. The molecule has 3 saturated heterocycles. The quantitative estimate of drug-likeness (QED) is 0.157. The summed E-state index contributed by atoms with van der Waals surface area (Å²) in [6.07, 6.45) is 6.74. The summed E-state index contributed by atoms with van der Waals surface area (Å²) < 4.78 is 63.3. The second kappa shape index (κ2) is 16.0. The molecule has 322 valence electrons. The maximum Gasteiger partial charge on any atom is 0.267 e. The molecule has 3 fully saturated rings. The largest absolute Gasteiger partial charge is 0.376 e. The SMILES string of the molecule is C=C1CCC(c2nn(C)c3c(F)c(C4CCN(CC5CCN(c6ncc(Cl)c(Nc7cc8c(cc7F)N(C)C(=C)C7=C8NC(C)C(F)(F)CC7)n6)CC5)CC4)ccc23)C(=C)N1. The fraction of sp³-hybridized carbons (Fsp3) is 0.457. The maximum atomic E-state index is 16.3. The number of piperidine rings is 3. The molecule has 0 amide bonds. The zero-order chi connectivity index (χ0) is 42.9. The van der Waals surface area contributed by atoms with Gasteiger partial charge in [-0.05, 0) is 94.0 Å². The second-order valence-electron chi connectivity index (χ2n) is 17.6. The van der Waals surface area contributed by atoms with Crippen molar-refractivity contribution in [2.45, 2.75) is 82.1 Å². The number of nitrogens with one attached hydrogen (secondary N) is 3. The molecule has 15 heteroatoms. The monoisotopic (exact) mass is 856 g/mol. The lowest BCUT2D eigenvalue weighted by molar-refractivity contribution is -0.0319. The van der Waals surface area contributed by atoms with Gasteiger partial charge in [-0.25, -0.2) is 22.5 Å². The highest BCUT2D eigenvalue weighted by Crippen LogP contribution is 2.46. The van der Waals surface area contributed by atoms with Crippen LogP contribution in [0.5, 0.6) is 0 Å². The second-order valence-corrected chi connectivity index (χ2v) is 18.0. The first-order valence-corrected chi connectivity index (χ1v) is 21.7. The van der Waals surface area contributed by atoms with Gasteiger partial charge in [-0.2, -0.15) is 10.1 Å². The van der Waals surface area contributed by atoms with Crippen LogP contribution in [0.1, 0.15) is 86.9 Å². The molecule has 2 unspecified atom stereocenters. The Kier molecular flexibility index (Phi) is 10.8. The first kappa shape index (κ1) is 41.3. The average Bonchev–Trinajstić information content (AvgIpc) is 3.51. The molecule has 9 rings (SSSR count). The van der Waals surface area contributed by atoms with Gasteiger partial charge in [0, 0.05) is 85.9 Å². The highest BCUT2D eigenvalue weighted by molar-refractivity contribution is 6.33. The zero-order valence-corrected chi connectivity index (χ0v) is 35.8. The normalized spacial score (nSPS) is 22.9. The van der Waals surface area contributed by atoms with E-state index in [9.17, 15) is 8.78 Å². The van der Waals surface area contributed by atoms with Gasteiger partial charge in [0.1, 0.15) is 16.4 Å². The van der Waals surface area contributed by atoms with E-state index in [2.05, 4.69) is 56.5 Å². The van der Waals surface area contributed by atoms with Gasteiger partial charge in [0.2, 0.25) is 5.95 Å². The lowest BCUT2D eigenvalue weighted by Gasteiger charge is -2.38. The van der Waals surface area contributed by atoms with Gasteiger partial charge in [-0.3, -0.25) is 4.68 Å². The van der Waals surface area contributed by atoms with Crippen LogP contribution < -0.4 is 25.8 Å². The van der Waals surface area contributed by atoms with Crippen LogP contribution in [0.15, 0.2) is 72.9 Å². The molecule has 0 bridgehead atoms. The smallest absolute Gasteiger partial charge is 0.267 e. The number of aromatic nitrogens is 4. The van der Waals surface area contributed by atoms with E-state index in [1.54, 1.807) is 22.7 Å². The molecule has 7 heterocycles. The minimum atomic E-state index is -2.92. The fourth-order valence-corrected chi connectivity index (χ4v) is 10.1. The highest BCUT2D eigenvalue weighted by Gasteiger charge is 2.42. The predicted molar refractivity (Wildman–Crippen MR) is 235 cm³/mol. The van der Waals surface area contributed by atoms with E-state index in [1.165, 1.54) is 19.2 Å². The highest BCUT2D eigenvalue weighted by atomic mass is 35.5. The number of nitrogens with zero attached hydrogens (tertiary/aromatic N) is 7. The summed E-state index contributed by atoms with van der Waals surface area (Å²) >= 11 is 6.58. The Bertz CT molecular complexity index is 2460. The van der Waals surface area contributed by atoms with Crippen molar-refractivity contribution in [3.05, 3.63) is 106 Å². The summed E-state index contributed by atoms with van der Waals surface area (Å²) in [6, 6.07) is 5.91. The van der Waals surface area contributed by atoms with Crippen LogP contribution in [0, 0.1) is 17.6 Å². The molecule has 5 aliphatic rings. The third kappa shape index (κ3) is 7.64. The standard InChI is InChI=1S/C46H53ClF4N10/c1-25-7-8-31(26(2)53-25)42-34-10-9-33(40(49)43(34)59(6)57-42)30-14-17-60(18-15-30)24-29-12-19-61(20-13-29)45-52-23-36(47)44(56-45)55-38-21-35-39(22-37(38)48)58(5)27(3)32-11-16-46(50,51)28(4)54-41(32)35/h9-10,21-23,28-31,53-54H,1-3,7-8,11-20,24H2,4-6H3,(H,52,55,56). The van der Waals surface area contributed by atoms with Crippen LogP contribution in [0.25, 0.3) is 16.6 Å². The number of anilines is 4. The summed E-state index contributed by atoms with van der Waals surface area (Å²) in [5, 5.41) is 15.2. The zero-order valence-electron chi connectivity index (χ0n) is 35.0. The van der Waals surface area contributed by atoms with Crippen LogP contribution in [0.2, 0.25) is 5.02 Å². The molecule has 61 heavy (non-hydrogen) atoms. The minimum absolute atomic E-state index is 0.0179. The van der Waals surface area contributed by atoms with E-state index >= 15 is 8.78 Å². The van der Waals surface area contributed by atoms with E-state index in [1.807, 2.05) is 13.1 Å². The number of likely N-dealkylation sites (tertiary alicyclic amines) is 1. The Hall–Kier alpha value is -5.08. The van der Waals surface area contributed by atoms with Gasteiger partial charge in [-0.1, -0.05) is 43.5 Å². The van der Waals surface area contributed by atoms with Gasteiger partial charge in [0.15, 0.2) is 11.6 Å². The summed E-state index contributed by atoms with van der Waals surface area (Å²) in [4.78, 5) is 15.7. The van der Waals surface area contributed by atoms with Gasteiger partial charge in [0.25, 0.3) is 5.92 Å². The van der Waals surface area contributed by atoms with Crippen molar-refractivity contribution in [1.29, 1.82) is 0 Å². The average molecular weight is 857 g/mol. The van der Waals surface area contributed by atoms with Crippen LogP contribution >= 0.6 is 11.6 Å². The van der Waals surface area contributed by atoms with Crippen molar-refractivity contribution in [3.63, 3.8) is 0 Å². The molecule has 0 saturated carbocycles. The van der Waals surface area contributed by atoms with Crippen LogP contribution in [-0.4, -0.2) is 76.4 Å².